The van der Waals surface area contributed by atoms with E-state index < -0.39 is 20.9 Å². The molecule has 1 aliphatic rings. The first kappa shape index (κ1) is 23.0. The van der Waals surface area contributed by atoms with Gasteiger partial charge in [-0.25, -0.2) is 8.42 Å². The number of nitro groups is 1. The molecule has 0 bridgehead atoms. The summed E-state index contributed by atoms with van der Waals surface area (Å²) in [6.07, 6.45) is 0. The molecule has 1 fully saturated rings. The lowest BCUT2D eigenvalue weighted by Crippen LogP contribution is -2.40. The van der Waals surface area contributed by atoms with Crippen LogP contribution < -0.4 is 9.54 Å². The number of aromatic nitrogens is 1. The SMILES string of the molecule is COc1cc([N+](=O)[O-])cc2sc(=NC(=O)c3ccc(S(=O)(=O)N4CCOCC4)cc3)n(C)c12. The van der Waals surface area contributed by atoms with Crippen molar-refractivity contribution in [3.8, 4) is 5.75 Å². The van der Waals surface area contributed by atoms with Gasteiger partial charge in [-0.05, 0) is 24.3 Å². The summed E-state index contributed by atoms with van der Waals surface area (Å²) < 4.78 is 39.5. The quantitative estimate of drug-likeness (QED) is 0.392. The van der Waals surface area contributed by atoms with E-state index in [0.717, 1.165) is 11.3 Å². The molecule has 174 valence electrons. The summed E-state index contributed by atoms with van der Waals surface area (Å²) in [6.45, 7) is 1.24. The second-order valence-corrected chi connectivity index (χ2v) is 10.1. The highest BCUT2D eigenvalue weighted by Gasteiger charge is 2.26. The molecule has 0 atom stereocenters. The Labute approximate surface area is 192 Å². The van der Waals surface area contributed by atoms with Gasteiger partial charge < -0.3 is 14.0 Å². The normalized spacial score (nSPS) is 15.6. The number of thiazole rings is 1. The van der Waals surface area contributed by atoms with Gasteiger partial charge in [-0.15, -0.1) is 0 Å². The number of amides is 1. The van der Waals surface area contributed by atoms with Crippen molar-refractivity contribution in [3.05, 3.63) is 56.9 Å². The highest BCUT2D eigenvalue weighted by atomic mass is 32.2. The average Bonchev–Trinajstić information content (AvgIpc) is 3.14. The van der Waals surface area contributed by atoms with Crippen molar-refractivity contribution in [3.63, 3.8) is 0 Å². The molecular weight excluding hydrogens is 472 g/mol. The van der Waals surface area contributed by atoms with Crippen molar-refractivity contribution in [2.75, 3.05) is 33.4 Å². The number of rotatable bonds is 5. The van der Waals surface area contributed by atoms with E-state index >= 15 is 0 Å². The number of methoxy groups -OCH3 is 1. The van der Waals surface area contributed by atoms with Crippen LogP contribution in [0.4, 0.5) is 5.69 Å². The number of benzene rings is 2. The number of nitro benzene ring substituents is 1. The van der Waals surface area contributed by atoms with Crippen LogP contribution in [0.3, 0.4) is 0 Å². The number of sulfonamides is 1. The van der Waals surface area contributed by atoms with Crippen molar-refractivity contribution in [2.24, 2.45) is 12.0 Å². The number of non-ortho nitro benzene ring substituents is 1. The molecule has 0 spiro atoms. The third-order valence-corrected chi connectivity index (χ3v) is 8.18. The molecule has 0 radical (unpaired) electrons. The van der Waals surface area contributed by atoms with Crippen LogP contribution in [0.5, 0.6) is 5.75 Å². The van der Waals surface area contributed by atoms with Crippen molar-refractivity contribution >= 4 is 43.2 Å². The van der Waals surface area contributed by atoms with E-state index in [0.29, 0.717) is 34.0 Å². The van der Waals surface area contributed by atoms with Crippen LogP contribution in [0.25, 0.3) is 10.2 Å². The zero-order valence-electron chi connectivity index (χ0n) is 17.8. The first-order chi connectivity index (χ1) is 15.7. The van der Waals surface area contributed by atoms with Gasteiger partial charge >= 0.3 is 0 Å². The van der Waals surface area contributed by atoms with Gasteiger partial charge in [0, 0.05) is 31.8 Å². The number of fused-ring (bicyclic) bond motifs is 1. The summed E-state index contributed by atoms with van der Waals surface area (Å²) in [5, 5.41) is 11.2. The molecule has 2 heterocycles. The van der Waals surface area contributed by atoms with Crippen LogP contribution in [0.1, 0.15) is 10.4 Å². The smallest absolute Gasteiger partial charge is 0.279 e. The molecule has 13 heteroatoms. The van der Waals surface area contributed by atoms with Crippen molar-refractivity contribution in [1.82, 2.24) is 8.87 Å². The average molecular weight is 493 g/mol. The van der Waals surface area contributed by atoms with E-state index in [-0.39, 0.29) is 29.2 Å². The third kappa shape index (κ3) is 4.39. The monoisotopic (exact) mass is 492 g/mol. The fourth-order valence-corrected chi connectivity index (χ4v) is 5.93. The fraction of sp³-hybridized carbons (Fsp3) is 0.300. The van der Waals surface area contributed by atoms with E-state index in [1.807, 2.05) is 0 Å². The van der Waals surface area contributed by atoms with E-state index in [4.69, 9.17) is 9.47 Å². The number of carbonyl (C=O) groups excluding carboxylic acids is 1. The number of carbonyl (C=O) groups is 1. The van der Waals surface area contributed by atoms with Crippen LogP contribution >= 0.6 is 11.3 Å². The van der Waals surface area contributed by atoms with Gasteiger partial charge in [-0.3, -0.25) is 14.9 Å². The zero-order chi connectivity index (χ0) is 23.8. The summed E-state index contributed by atoms with van der Waals surface area (Å²) in [6, 6.07) is 8.30. The Morgan fingerprint density at radius 3 is 2.48 bits per heavy atom. The Hall–Kier alpha value is -3.13. The minimum atomic E-state index is -3.67. The van der Waals surface area contributed by atoms with Gasteiger partial charge in [0.05, 0.1) is 40.9 Å². The van der Waals surface area contributed by atoms with Crippen LogP contribution in [0.15, 0.2) is 46.3 Å². The summed E-state index contributed by atoms with van der Waals surface area (Å²) in [5.41, 5.74) is 0.661. The first-order valence-corrected chi connectivity index (χ1v) is 12.1. The Balaban J connectivity index is 1.67. The highest BCUT2D eigenvalue weighted by molar-refractivity contribution is 7.89. The number of ether oxygens (including phenoxy) is 2. The maximum absolute atomic E-state index is 12.7. The second-order valence-electron chi connectivity index (χ2n) is 7.15. The molecule has 2 aromatic carbocycles. The Kier molecular flexibility index (Phi) is 6.30. The van der Waals surface area contributed by atoms with Crippen LogP contribution in [-0.2, 0) is 21.8 Å². The van der Waals surface area contributed by atoms with Gasteiger partial charge in [0.1, 0.15) is 5.52 Å². The zero-order valence-corrected chi connectivity index (χ0v) is 19.4. The molecule has 11 nitrogen and oxygen atoms in total. The highest BCUT2D eigenvalue weighted by Crippen LogP contribution is 2.32. The third-order valence-electron chi connectivity index (χ3n) is 5.19. The molecule has 3 aromatic rings. The van der Waals surface area contributed by atoms with Crippen LogP contribution in [-0.4, -0.2) is 61.5 Å². The van der Waals surface area contributed by atoms with Gasteiger partial charge in [0.25, 0.3) is 11.6 Å². The molecule has 1 amide bonds. The number of nitrogens with zero attached hydrogens (tertiary/aromatic N) is 4. The molecule has 0 saturated carbocycles. The van der Waals surface area contributed by atoms with E-state index in [1.165, 1.54) is 47.8 Å². The minimum Gasteiger partial charge on any atom is -0.494 e. The first-order valence-electron chi connectivity index (χ1n) is 9.81. The van der Waals surface area contributed by atoms with Gasteiger partial charge in [-0.1, -0.05) is 11.3 Å². The van der Waals surface area contributed by atoms with Crippen molar-refractivity contribution in [1.29, 1.82) is 0 Å². The topological polar surface area (TPSA) is 133 Å². The molecule has 0 aliphatic carbocycles. The maximum Gasteiger partial charge on any atom is 0.279 e. The molecule has 33 heavy (non-hydrogen) atoms. The Bertz CT molecular complexity index is 1400. The van der Waals surface area contributed by atoms with Crippen molar-refractivity contribution < 1.29 is 27.6 Å². The lowest BCUT2D eigenvalue weighted by Gasteiger charge is -2.26. The molecule has 4 rings (SSSR count). The standard InChI is InChI=1S/C20H20N4O7S2/c1-22-18-16(30-2)11-14(24(26)27)12-17(18)32-20(22)21-19(25)13-3-5-15(6-4-13)33(28,29)23-7-9-31-10-8-23/h3-6,11-12H,7-10H2,1-2H3. The van der Waals surface area contributed by atoms with Crippen LogP contribution in [0.2, 0.25) is 0 Å². The fourth-order valence-electron chi connectivity index (χ4n) is 3.46. The molecule has 0 unspecified atom stereocenters. The van der Waals surface area contributed by atoms with E-state index in [2.05, 4.69) is 4.99 Å². The Morgan fingerprint density at radius 2 is 1.88 bits per heavy atom. The van der Waals surface area contributed by atoms with Crippen molar-refractivity contribution in [2.45, 2.75) is 4.90 Å². The summed E-state index contributed by atoms with van der Waals surface area (Å²) in [7, 11) is -0.581. The number of aryl methyl sites for hydroxylation is 1. The summed E-state index contributed by atoms with van der Waals surface area (Å²) >= 11 is 1.11. The van der Waals surface area contributed by atoms with E-state index in [9.17, 15) is 23.3 Å². The van der Waals surface area contributed by atoms with E-state index in [1.54, 1.807) is 11.6 Å². The molecule has 1 aromatic heterocycles. The predicted molar refractivity (Wildman–Crippen MR) is 120 cm³/mol. The molecule has 1 aliphatic heterocycles. The molecular formula is C20H20N4O7S2. The number of hydrogen-bond donors (Lipinski definition) is 0. The lowest BCUT2D eigenvalue weighted by molar-refractivity contribution is -0.384. The maximum atomic E-state index is 12.7. The number of hydrogen-bond acceptors (Lipinski definition) is 8. The molecule has 1 saturated heterocycles. The summed E-state index contributed by atoms with van der Waals surface area (Å²) in [4.78, 5) is 28.0. The van der Waals surface area contributed by atoms with Gasteiger partial charge in [-0.2, -0.15) is 9.30 Å². The van der Waals surface area contributed by atoms with Gasteiger partial charge in [0.2, 0.25) is 10.0 Å². The Morgan fingerprint density at radius 1 is 1.21 bits per heavy atom. The second kappa shape index (κ2) is 9.02. The van der Waals surface area contributed by atoms with Gasteiger partial charge in [0.15, 0.2) is 10.6 Å². The minimum absolute atomic E-state index is 0.0883. The number of morpholine rings is 1. The lowest BCUT2D eigenvalue weighted by atomic mass is 10.2. The van der Waals surface area contributed by atoms with Crippen LogP contribution in [0, 0.1) is 10.1 Å². The summed E-state index contributed by atoms with van der Waals surface area (Å²) in [5.74, 6) is -0.273. The molecule has 0 N–H and O–H groups in total. The predicted octanol–water partition coefficient (Wildman–Crippen LogP) is 1.92. The largest absolute Gasteiger partial charge is 0.494 e.